The molecule has 0 bridgehead atoms. The van der Waals surface area contributed by atoms with Gasteiger partial charge in [0.05, 0.1) is 39.3 Å². The van der Waals surface area contributed by atoms with Gasteiger partial charge in [0.15, 0.2) is 5.60 Å². The van der Waals surface area contributed by atoms with Gasteiger partial charge in [0.2, 0.25) is 0 Å². The molecule has 2 aliphatic heterocycles. The largest absolute Gasteiger partial charge is 0.460 e. The van der Waals surface area contributed by atoms with Crippen LogP contribution in [-0.2, 0) is 21.7 Å². The van der Waals surface area contributed by atoms with Crippen molar-refractivity contribution in [2.45, 2.75) is 31.2 Å². The number of benzene rings is 1. The van der Waals surface area contributed by atoms with Gasteiger partial charge in [-0.25, -0.2) is 9.78 Å². The van der Waals surface area contributed by atoms with E-state index >= 15 is 0 Å². The molecule has 3 radical (unpaired) electrons. The molecule has 3 aromatic rings. The lowest BCUT2D eigenvalue weighted by atomic mass is 9.86. The van der Waals surface area contributed by atoms with E-state index in [1.807, 2.05) is 30.3 Å². The summed E-state index contributed by atoms with van der Waals surface area (Å²) < 4.78 is 6.82. The molecule has 2 aromatic heterocycles. The Balaban J connectivity index is 1.83. The Hall–Kier alpha value is -2.77. The van der Waals surface area contributed by atoms with Gasteiger partial charge in [0.1, 0.15) is 5.73 Å². The zero-order chi connectivity index (χ0) is 18.9. The number of aromatic nitrogens is 2. The van der Waals surface area contributed by atoms with Gasteiger partial charge in [-0.2, -0.15) is 0 Å². The molecular weight excluding hydrogens is 360 g/mol. The van der Waals surface area contributed by atoms with Gasteiger partial charge in [-0.15, -0.1) is 0 Å². The first-order valence-corrected chi connectivity index (χ1v) is 9.33. The van der Waals surface area contributed by atoms with E-state index in [2.05, 4.69) is 10.2 Å². The Morgan fingerprint density at radius 2 is 2.11 bits per heavy atom. The maximum Gasteiger partial charge on any atom is 0.343 e. The molecule has 4 heterocycles. The molecule has 0 spiro atoms. The molecule has 27 heavy (non-hydrogen) atoms. The summed E-state index contributed by atoms with van der Waals surface area (Å²) in [6, 6.07) is 11.5. The number of aliphatic hydroxyl groups is 1. The molecule has 1 aromatic carbocycles. The third-order valence-corrected chi connectivity index (χ3v) is 5.90. The number of cyclic esters (lactones) is 1. The fourth-order valence-corrected chi connectivity index (χ4v) is 4.38. The fraction of sp³-hybridized carbons (Fsp3) is 0.250. The molecular formula is C20H15N2O4Si. The Morgan fingerprint density at radius 3 is 2.89 bits per heavy atom. The minimum absolute atomic E-state index is 0.110. The van der Waals surface area contributed by atoms with Crippen molar-refractivity contribution in [1.29, 1.82) is 0 Å². The molecule has 7 heteroatoms. The highest BCUT2D eigenvalue weighted by molar-refractivity contribution is 6.13. The van der Waals surface area contributed by atoms with E-state index in [0.717, 1.165) is 16.5 Å². The van der Waals surface area contributed by atoms with Crippen LogP contribution in [0.25, 0.3) is 22.3 Å². The Labute approximate surface area is 157 Å². The van der Waals surface area contributed by atoms with E-state index in [-0.39, 0.29) is 17.5 Å². The molecule has 133 valence electrons. The molecule has 0 saturated carbocycles. The zero-order valence-electron chi connectivity index (χ0n) is 14.5. The summed E-state index contributed by atoms with van der Waals surface area (Å²) in [7, 11) is 3.31. The number of para-hydroxylation sites is 1. The second-order valence-corrected chi connectivity index (χ2v) is 7.46. The van der Waals surface area contributed by atoms with Crippen LogP contribution in [0, 0.1) is 0 Å². The summed E-state index contributed by atoms with van der Waals surface area (Å²) in [4.78, 5) is 30.2. The number of esters is 1. The first-order chi connectivity index (χ1) is 12.9. The van der Waals surface area contributed by atoms with Crippen LogP contribution in [0.4, 0.5) is 0 Å². The molecule has 0 saturated heterocycles. The molecule has 1 unspecified atom stereocenters. The Morgan fingerprint density at radius 1 is 1.33 bits per heavy atom. The summed E-state index contributed by atoms with van der Waals surface area (Å²) >= 11 is 0. The first kappa shape index (κ1) is 16.4. The van der Waals surface area contributed by atoms with Crippen LogP contribution in [0.1, 0.15) is 35.8 Å². The van der Waals surface area contributed by atoms with Crippen LogP contribution in [0.2, 0.25) is 0 Å². The summed E-state index contributed by atoms with van der Waals surface area (Å²) in [5.74, 6) is -0.758. The average Bonchev–Trinajstić information content (AvgIpc) is 3.02. The van der Waals surface area contributed by atoms with Gasteiger partial charge < -0.3 is 14.4 Å². The molecule has 2 atom stereocenters. The smallest absolute Gasteiger partial charge is 0.343 e. The third-order valence-electron chi connectivity index (χ3n) is 5.49. The molecule has 2 aliphatic rings. The van der Waals surface area contributed by atoms with Crippen molar-refractivity contribution < 1.29 is 14.6 Å². The quantitative estimate of drug-likeness (QED) is 0.405. The predicted octanol–water partition coefficient (Wildman–Crippen LogP) is 1.75. The lowest BCUT2D eigenvalue weighted by Crippen LogP contribution is -2.46. The number of pyridine rings is 2. The number of nitrogens with zero attached hydrogens (tertiary/aromatic N) is 2. The number of carbonyl (C=O) groups excluding carboxylic acids is 1. The van der Waals surface area contributed by atoms with Crippen LogP contribution in [-0.4, -0.2) is 30.9 Å². The van der Waals surface area contributed by atoms with E-state index in [1.54, 1.807) is 17.6 Å². The van der Waals surface area contributed by atoms with Crippen LogP contribution in [0.3, 0.4) is 0 Å². The first-order valence-electron chi connectivity index (χ1n) is 8.76. The van der Waals surface area contributed by atoms with E-state index < -0.39 is 17.3 Å². The molecule has 1 N–H and O–H groups in total. The minimum Gasteiger partial charge on any atom is -0.460 e. The second kappa shape index (κ2) is 5.37. The number of carbonyl (C=O) groups is 1. The maximum absolute atomic E-state index is 13.2. The highest BCUT2D eigenvalue weighted by Crippen LogP contribution is 2.40. The monoisotopic (exact) mass is 375 g/mol. The number of hydrogen-bond donors (Lipinski definition) is 1. The number of ether oxygens (including phenoxy) is 1. The maximum atomic E-state index is 13.2. The molecule has 0 aliphatic carbocycles. The Bertz CT molecular complexity index is 1200. The van der Waals surface area contributed by atoms with Crippen LogP contribution < -0.4 is 5.56 Å². The number of hydrogen-bond acceptors (Lipinski definition) is 5. The summed E-state index contributed by atoms with van der Waals surface area (Å²) in [5.41, 5.74) is 0.620. The van der Waals surface area contributed by atoms with E-state index in [9.17, 15) is 14.7 Å². The highest BCUT2D eigenvalue weighted by atomic mass is 28.1. The number of rotatable bonds is 1. The lowest BCUT2D eigenvalue weighted by Gasteiger charge is -2.35. The fourth-order valence-electron chi connectivity index (χ4n) is 3.99. The van der Waals surface area contributed by atoms with Crippen molar-refractivity contribution in [3.05, 3.63) is 63.4 Å². The normalized spacial score (nSPS) is 22.9. The lowest BCUT2D eigenvalue weighted by molar-refractivity contribution is -0.173. The highest BCUT2D eigenvalue weighted by Gasteiger charge is 2.47. The standard InChI is InChI=1S/C20H15N2O4Si/c1-2-20(25)12-8-14-16-11(7-10-5-3-4-6-13(10)21-16)9-22(14)17(23)15(12)18(27)26-19(20)24/h3-8,18,25H,2,9H2,1H3/t18?,20-/m0/s1. The van der Waals surface area contributed by atoms with E-state index in [1.165, 1.54) is 0 Å². The minimum atomic E-state index is -1.84. The van der Waals surface area contributed by atoms with Crippen LogP contribution >= 0.6 is 0 Å². The molecule has 6 nitrogen and oxygen atoms in total. The van der Waals surface area contributed by atoms with Crippen molar-refractivity contribution in [3.63, 3.8) is 0 Å². The van der Waals surface area contributed by atoms with Gasteiger partial charge in [-0.05, 0) is 24.6 Å². The van der Waals surface area contributed by atoms with Crippen LogP contribution in [0.15, 0.2) is 41.2 Å². The van der Waals surface area contributed by atoms with Gasteiger partial charge in [-0.3, -0.25) is 4.79 Å². The number of fused-ring (bicyclic) bond motifs is 5. The van der Waals surface area contributed by atoms with E-state index in [0.29, 0.717) is 23.5 Å². The predicted molar refractivity (Wildman–Crippen MR) is 99.3 cm³/mol. The SMILES string of the molecule is CC[C@@]1(O)C(=O)OC([Si])c2c1cc1n(c2=O)Cc2cc3ccccc3nc2-1. The third kappa shape index (κ3) is 2.06. The van der Waals surface area contributed by atoms with Crippen molar-refractivity contribution in [1.82, 2.24) is 9.55 Å². The zero-order valence-corrected chi connectivity index (χ0v) is 15.5. The van der Waals surface area contributed by atoms with Gasteiger partial charge >= 0.3 is 5.97 Å². The van der Waals surface area contributed by atoms with Crippen LogP contribution in [0.5, 0.6) is 0 Å². The topological polar surface area (TPSA) is 81.4 Å². The van der Waals surface area contributed by atoms with Gasteiger partial charge in [-0.1, -0.05) is 25.1 Å². The summed E-state index contributed by atoms with van der Waals surface area (Å²) in [5, 5.41) is 11.9. The van der Waals surface area contributed by atoms with Gasteiger partial charge in [0.25, 0.3) is 5.56 Å². The van der Waals surface area contributed by atoms with Crippen molar-refractivity contribution >= 4 is 27.1 Å². The Kier molecular flexibility index (Phi) is 3.26. The molecule has 0 fully saturated rings. The summed E-state index contributed by atoms with van der Waals surface area (Å²) in [6.45, 7) is 2.08. The average molecular weight is 375 g/mol. The van der Waals surface area contributed by atoms with Crippen molar-refractivity contribution in [2.75, 3.05) is 0 Å². The van der Waals surface area contributed by atoms with Gasteiger partial charge in [0, 0.05) is 16.5 Å². The summed E-state index contributed by atoms with van der Waals surface area (Å²) in [6.07, 6.45) is 0.110. The molecule has 5 rings (SSSR count). The van der Waals surface area contributed by atoms with E-state index in [4.69, 9.17) is 9.72 Å². The second-order valence-electron chi connectivity index (χ2n) is 6.94. The van der Waals surface area contributed by atoms with Crippen molar-refractivity contribution in [2.24, 2.45) is 0 Å². The molecule has 0 amide bonds. The van der Waals surface area contributed by atoms with Crippen molar-refractivity contribution in [3.8, 4) is 11.4 Å².